The molecule has 7 heteroatoms. The van der Waals surface area contributed by atoms with Crippen molar-refractivity contribution in [3.8, 4) is 0 Å². The summed E-state index contributed by atoms with van der Waals surface area (Å²) in [4.78, 5) is 38.2. The number of nitrogens with zero attached hydrogens (tertiary/aromatic N) is 2. The number of aryl methyl sites for hydroxylation is 1. The van der Waals surface area contributed by atoms with E-state index < -0.39 is 5.60 Å². The third-order valence-corrected chi connectivity index (χ3v) is 6.26. The first-order chi connectivity index (χ1) is 14.6. The molecule has 3 amide bonds. The summed E-state index contributed by atoms with van der Waals surface area (Å²) in [6.07, 6.45) is 4.44. The number of benzene rings is 1. The number of imide groups is 1. The molecule has 4 rings (SSSR count). The Morgan fingerprint density at radius 2 is 1.81 bits per heavy atom. The van der Waals surface area contributed by atoms with Gasteiger partial charge in [-0.15, -0.1) is 0 Å². The normalized spacial score (nSPS) is 20.8. The predicted octanol–water partition coefficient (Wildman–Crippen LogP) is 3.81. The lowest BCUT2D eigenvalue weighted by Crippen LogP contribution is -2.41. The minimum atomic E-state index is -0.491. The number of amides is 3. The van der Waals surface area contributed by atoms with Gasteiger partial charge < -0.3 is 14.2 Å². The molecule has 0 bridgehead atoms. The summed E-state index contributed by atoms with van der Waals surface area (Å²) in [6, 6.07) is 6.27. The highest BCUT2D eigenvalue weighted by molar-refractivity contribution is 6.03. The number of carbonyl (C=O) groups is 3. The van der Waals surface area contributed by atoms with E-state index in [0.717, 1.165) is 29.3 Å². The highest BCUT2D eigenvalue weighted by Crippen LogP contribution is 2.38. The third-order valence-electron chi connectivity index (χ3n) is 6.26. The second-order valence-electron chi connectivity index (χ2n) is 9.68. The number of fused-ring (bicyclic) bond motifs is 1. The number of nitrogens with one attached hydrogen (secondary N) is 1. The summed E-state index contributed by atoms with van der Waals surface area (Å²) in [7, 11) is 2.01. The Morgan fingerprint density at radius 3 is 2.45 bits per heavy atom. The molecule has 0 radical (unpaired) electrons. The molecular formula is C24H31N3O4. The van der Waals surface area contributed by atoms with E-state index in [1.807, 2.05) is 40.1 Å². The van der Waals surface area contributed by atoms with Crippen molar-refractivity contribution in [2.75, 3.05) is 13.1 Å². The quantitative estimate of drug-likeness (QED) is 0.742. The largest absolute Gasteiger partial charge is 0.444 e. The van der Waals surface area contributed by atoms with E-state index in [9.17, 15) is 14.4 Å². The maximum Gasteiger partial charge on any atom is 0.410 e. The minimum Gasteiger partial charge on any atom is -0.444 e. The van der Waals surface area contributed by atoms with Crippen molar-refractivity contribution in [1.29, 1.82) is 0 Å². The molecule has 1 unspecified atom stereocenters. The third kappa shape index (κ3) is 4.31. The van der Waals surface area contributed by atoms with Gasteiger partial charge in [0, 0.05) is 38.1 Å². The van der Waals surface area contributed by atoms with Gasteiger partial charge in [-0.25, -0.2) is 4.79 Å². The van der Waals surface area contributed by atoms with Crippen LogP contribution in [0.1, 0.15) is 69.4 Å². The van der Waals surface area contributed by atoms with E-state index >= 15 is 0 Å². The fourth-order valence-corrected chi connectivity index (χ4v) is 4.83. The van der Waals surface area contributed by atoms with Crippen LogP contribution in [0.4, 0.5) is 4.79 Å². The van der Waals surface area contributed by atoms with Crippen molar-refractivity contribution >= 4 is 28.8 Å². The van der Waals surface area contributed by atoms with Crippen LogP contribution in [0, 0.1) is 0 Å². The van der Waals surface area contributed by atoms with E-state index in [4.69, 9.17) is 4.74 Å². The first-order valence-corrected chi connectivity index (χ1v) is 11.0. The SMILES string of the molecule is Cn1cc(C2CCC(=O)NC2=O)c2cccc(C3CCN(C(=O)OC(C)(C)C)CC3)c21. The monoisotopic (exact) mass is 425 g/mol. The molecule has 0 aliphatic carbocycles. The lowest BCUT2D eigenvalue weighted by molar-refractivity contribution is -0.134. The number of carbonyl (C=O) groups excluding carboxylic acids is 3. The lowest BCUT2D eigenvalue weighted by Gasteiger charge is -2.34. The molecule has 1 aromatic carbocycles. The number of likely N-dealkylation sites (tertiary alicyclic amines) is 1. The van der Waals surface area contributed by atoms with Crippen LogP contribution in [0.2, 0.25) is 0 Å². The van der Waals surface area contributed by atoms with Crippen LogP contribution < -0.4 is 5.32 Å². The fourth-order valence-electron chi connectivity index (χ4n) is 4.83. The zero-order valence-corrected chi connectivity index (χ0v) is 18.7. The molecule has 2 saturated heterocycles. The van der Waals surface area contributed by atoms with Crippen LogP contribution in [-0.4, -0.2) is 46.1 Å². The maximum absolute atomic E-state index is 12.5. The van der Waals surface area contributed by atoms with Crippen molar-refractivity contribution in [2.24, 2.45) is 7.05 Å². The molecule has 1 aromatic heterocycles. The van der Waals surface area contributed by atoms with Crippen LogP contribution in [0.5, 0.6) is 0 Å². The summed E-state index contributed by atoms with van der Waals surface area (Å²) in [5.41, 5.74) is 2.88. The summed E-state index contributed by atoms with van der Waals surface area (Å²) in [6.45, 7) is 6.98. The number of para-hydroxylation sites is 1. The average molecular weight is 426 g/mol. The summed E-state index contributed by atoms with van der Waals surface area (Å²) in [5.74, 6) is -0.366. The predicted molar refractivity (Wildman–Crippen MR) is 118 cm³/mol. The Kier molecular flexibility index (Phi) is 5.54. The van der Waals surface area contributed by atoms with Crippen molar-refractivity contribution in [2.45, 2.75) is 63.9 Å². The highest BCUT2D eigenvalue weighted by atomic mass is 16.6. The Labute approximate surface area is 182 Å². The van der Waals surface area contributed by atoms with Crippen LogP contribution in [-0.2, 0) is 21.4 Å². The van der Waals surface area contributed by atoms with Crippen LogP contribution >= 0.6 is 0 Å². The number of rotatable bonds is 2. The number of aromatic nitrogens is 1. The molecule has 2 fully saturated rings. The molecule has 2 aliphatic heterocycles. The van der Waals surface area contributed by atoms with Crippen molar-refractivity contribution in [3.63, 3.8) is 0 Å². The summed E-state index contributed by atoms with van der Waals surface area (Å²) in [5, 5.41) is 3.55. The second-order valence-corrected chi connectivity index (χ2v) is 9.68. The standard InChI is InChI=1S/C24H31N3O4/c1-24(2,3)31-23(30)27-12-10-15(11-13-27)16-6-5-7-17-19(14-26(4)21(16)17)18-8-9-20(28)25-22(18)29/h5-7,14-15,18H,8-13H2,1-4H3,(H,25,28,29). The summed E-state index contributed by atoms with van der Waals surface area (Å²) >= 11 is 0. The number of piperidine rings is 2. The maximum atomic E-state index is 12.5. The van der Waals surface area contributed by atoms with E-state index in [1.54, 1.807) is 4.90 Å². The molecule has 3 heterocycles. The second kappa shape index (κ2) is 8.02. The summed E-state index contributed by atoms with van der Waals surface area (Å²) < 4.78 is 7.62. The first-order valence-electron chi connectivity index (χ1n) is 11.0. The molecule has 7 nitrogen and oxygen atoms in total. The lowest BCUT2D eigenvalue weighted by atomic mass is 9.86. The van der Waals surface area contributed by atoms with Gasteiger partial charge in [0.1, 0.15) is 5.60 Å². The van der Waals surface area contributed by atoms with Gasteiger partial charge in [0.05, 0.1) is 11.4 Å². The van der Waals surface area contributed by atoms with Crippen molar-refractivity contribution in [1.82, 2.24) is 14.8 Å². The van der Waals surface area contributed by atoms with E-state index in [1.165, 1.54) is 5.56 Å². The Bertz CT molecular complexity index is 1030. The van der Waals surface area contributed by atoms with Gasteiger partial charge in [-0.1, -0.05) is 18.2 Å². The Morgan fingerprint density at radius 1 is 1.10 bits per heavy atom. The highest BCUT2D eigenvalue weighted by Gasteiger charge is 2.32. The van der Waals surface area contributed by atoms with Gasteiger partial charge >= 0.3 is 6.09 Å². The van der Waals surface area contributed by atoms with Crippen LogP contribution in [0.15, 0.2) is 24.4 Å². The van der Waals surface area contributed by atoms with Gasteiger partial charge in [-0.3, -0.25) is 14.9 Å². The van der Waals surface area contributed by atoms with Gasteiger partial charge in [-0.2, -0.15) is 0 Å². The molecule has 2 aliphatic rings. The van der Waals surface area contributed by atoms with Gasteiger partial charge in [0.15, 0.2) is 0 Å². The average Bonchev–Trinajstić information content (AvgIpc) is 3.03. The topological polar surface area (TPSA) is 80.6 Å². The molecule has 31 heavy (non-hydrogen) atoms. The van der Waals surface area contributed by atoms with Crippen molar-refractivity contribution < 1.29 is 19.1 Å². The Balaban J connectivity index is 1.56. The zero-order chi connectivity index (χ0) is 22.3. The molecule has 166 valence electrons. The molecule has 0 saturated carbocycles. The van der Waals surface area contributed by atoms with E-state index in [2.05, 4.69) is 22.0 Å². The van der Waals surface area contributed by atoms with Gasteiger partial charge in [-0.05, 0) is 57.1 Å². The molecule has 1 atom stereocenters. The van der Waals surface area contributed by atoms with E-state index in [0.29, 0.717) is 31.8 Å². The molecule has 0 spiro atoms. The number of hydrogen-bond donors (Lipinski definition) is 1. The number of hydrogen-bond acceptors (Lipinski definition) is 4. The van der Waals surface area contributed by atoms with Crippen LogP contribution in [0.3, 0.4) is 0 Å². The smallest absolute Gasteiger partial charge is 0.410 e. The van der Waals surface area contributed by atoms with Crippen LogP contribution in [0.25, 0.3) is 10.9 Å². The minimum absolute atomic E-state index is 0.195. The Hall–Kier alpha value is -2.83. The fraction of sp³-hybridized carbons (Fsp3) is 0.542. The van der Waals surface area contributed by atoms with Crippen molar-refractivity contribution in [3.05, 3.63) is 35.5 Å². The molecular weight excluding hydrogens is 394 g/mol. The molecule has 2 aromatic rings. The first kappa shape index (κ1) is 21.4. The van der Waals surface area contributed by atoms with Gasteiger partial charge in [0.2, 0.25) is 11.8 Å². The zero-order valence-electron chi connectivity index (χ0n) is 18.7. The number of ether oxygens (including phenoxy) is 1. The van der Waals surface area contributed by atoms with Gasteiger partial charge in [0.25, 0.3) is 0 Å². The molecule has 1 N–H and O–H groups in total. The van der Waals surface area contributed by atoms with E-state index in [-0.39, 0.29) is 23.8 Å².